The Morgan fingerprint density at radius 1 is 0.574 bits per heavy atom. The van der Waals surface area contributed by atoms with Crippen molar-refractivity contribution in [2.24, 2.45) is 0 Å². The number of carbonyl (C=O) groups excluding carboxylic acids is 3. The minimum Gasteiger partial charge on any atom is -0.488 e. The fourth-order valence-electron chi connectivity index (χ4n) is 10.3. The molecule has 8 aromatic rings. The summed E-state index contributed by atoms with van der Waals surface area (Å²) in [5.41, 5.74) is 9.73. The fraction of sp³-hybridized carbons (Fsp3) is 0.190. The van der Waals surface area contributed by atoms with E-state index in [1.54, 1.807) is 9.80 Å². The van der Waals surface area contributed by atoms with Crippen molar-refractivity contribution in [2.75, 3.05) is 48.5 Å². The summed E-state index contributed by atoms with van der Waals surface area (Å²) in [6.07, 6.45) is -0.130. The first-order valence-corrected chi connectivity index (χ1v) is 23.7. The molecule has 0 N–H and O–H groups in total. The standard InChI is InChI=1S/C58H48ClN3O6/c59-31-40-32-62(52-30-54(67-36-39-17-5-2-6-18-39)48-25-13-14-26-49(48)57(40)52)56(64)34-60(58(65)68-37-50-43-21-9-7-19-41(43)42-20-8-10-22-44(42)50)33-55(63)61-28-27-46-45-23-11-12-24-47(45)53(29-51(46)61)66-35-38-15-3-1-4-16-38/h1-26,29-30,40,50H,27-28,31-37H2. The van der Waals surface area contributed by atoms with Gasteiger partial charge in [0.15, 0.2) is 0 Å². The van der Waals surface area contributed by atoms with E-state index in [4.69, 9.17) is 25.8 Å². The van der Waals surface area contributed by atoms with Gasteiger partial charge in [-0.05, 0) is 61.7 Å². The minimum absolute atomic E-state index is 0.0291. The van der Waals surface area contributed by atoms with Crippen LogP contribution in [0.5, 0.6) is 11.5 Å². The van der Waals surface area contributed by atoms with Gasteiger partial charge in [-0.1, -0.05) is 158 Å². The molecule has 1 aliphatic carbocycles. The van der Waals surface area contributed by atoms with Crippen LogP contribution in [0.15, 0.2) is 170 Å². The van der Waals surface area contributed by atoms with Gasteiger partial charge in [0.1, 0.15) is 44.4 Å². The molecule has 338 valence electrons. The first kappa shape index (κ1) is 43.0. The molecule has 0 saturated heterocycles. The molecule has 0 bridgehead atoms. The third-order valence-electron chi connectivity index (χ3n) is 13.6. The van der Waals surface area contributed by atoms with Gasteiger partial charge in [-0.25, -0.2) is 4.79 Å². The van der Waals surface area contributed by atoms with Crippen LogP contribution < -0.4 is 19.3 Å². The smallest absolute Gasteiger partial charge is 0.410 e. The first-order valence-electron chi connectivity index (χ1n) is 23.1. The van der Waals surface area contributed by atoms with Crippen molar-refractivity contribution in [3.05, 3.63) is 203 Å². The average molecular weight is 918 g/mol. The lowest BCUT2D eigenvalue weighted by molar-refractivity contribution is -0.122. The van der Waals surface area contributed by atoms with Crippen molar-refractivity contribution < 1.29 is 28.6 Å². The number of alkyl halides is 1. The molecule has 1 atom stereocenters. The molecule has 3 aliphatic rings. The summed E-state index contributed by atoms with van der Waals surface area (Å²) >= 11 is 6.69. The number of rotatable bonds is 13. The molecule has 0 saturated carbocycles. The molecular weight excluding hydrogens is 870 g/mol. The Bertz CT molecular complexity index is 3170. The second-order valence-electron chi connectivity index (χ2n) is 17.6. The Balaban J connectivity index is 0.906. The molecule has 3 amide bonds. The quantitative estimate of drug-likeness (QED) is 0.107. The summed E-state index contributed by atoms with van der Waals surface area (Å²) in [5.74, 6) is 0.471. The van der Waals surface area contributed by atoms with Gasteiger partial charge in [-0.3, -0.25) is 14.5 Å². The molecule has 2 aliphatic heterocycles. The lowest BCUT2D eigenvalue weighted by atomic mass is 9.95. The van der Waals surface area contributed by atoms with Crippen LogP contribution in [-0.2, 0) is 34.0 Å². The summed E-state index contributed by atoms with van der Waals surface area (Å²) in [7, 11) is 0. The number of halogens is 1. The Morgan fingerprint density at radius 2 is 1.07 bits per heavy atom. The third kappa shape index (κ3) is 8.06. The monoisotopic (exact) mass is 917 g/mol. The average Bonchev–Trinajstić information content (AvgIpc) is 4.09. The van der Waals surface area contributed by atoms with Gasteiger partial charge in [-0.15, -0.1) is 11.6 Å². The van der Waals surface area contributed by atoms with Crippen LogP contribution in [0.3, 0.4) is 0 Å². The van der Waals surface area contributed by atoms with Crippen LogP contribution >= 0.6 is 11.6 Å². The highest BCUT2D eigenvalue weighted by molar-refractivity contribution is 6.19. The lowest BCUT2D eigenvalue weighted by Gasteiger charge is -2.28. The SMILES string of the molecule is O=C(OCC1c2ccccc2-c2ccccc21)N(CC(=O)N1CCc2c1cc(OCc1ccccc1)c1ccccc21)CC(=O)N1CC(CCl)c2c1cc(OCc1ccccc1)c1ccccc21. The molecule has 0 spiro atoms. The summed E-state index contributed by atoms with van der Waals surface area (Å²) in [5, 5.41) is 3.84. The maximum absolute atomic E-state index is 14.9. The number of hydrogen-bond acceptors (Lipinski definition) is 6. The van der Waals surface area contributed by atoms with Crippen molar-refractivity contribution in [1.29, 1.82) is 0 Å². The highest BCUT2D eigenvalue weighted by Gasteiger charge is 2.38. The van der Waals surface area contributed by atoms with E-state index >= 15 is 0 Å². The number of fused-ring (bicyclic) bond motifs is 9. The third-order valence-corrected chi connectivity index (χ3v) is 14.0. The molecular formula is C58H48ClN3O6. The number of carbonyl (C=O) groups is 3. The van der Waals surface area contributed by atoms with E-state index in [2.05, 4.69) is 30.3 Å². The molecule has 2 heterocycles. The van der Waals surface area contributed by atoms with E-state index in [-0.39, 0.29) is 36.1 Å². The number of hydrogen-bond donors (Lipinski definition) is 0. The second-order valence-corrected chi connectivity index (χ2v) is 17.9. The molecule has 0 fully saturated rings. The van der Waals surface area contributed by atoms with Crippen molar-refractivity contribution in [3.8, 4) is 22.6 Å². The van der Waals surface area contributed by atoms with E-state index in [1.165, 1.54) is 4.90 Å². The van der Waals surface area contributed by atoms with Gasteiger partial charge in [0.25, 0.3) is 0 Å². The number of anilines is 2. The van der Waals surface area contributed by atoms with Crippen molar-refractivity contribution in [2.45, 2.75) is 31.5 Å². The van der Waals surface area contributed by atoms with Crippen LogP contribution in [0.1, 0.15) is 45.2 Å². The molecule has 68 heavy (non-hydrogen) atoms. The van der Waals surface area contributed by atoms with E-state index in [0.29, 0.717) is 49.9 Å². The summed E-state index contributed by atoms with van der Waals surface area (Å²) in [6.45, 7) is 0.629. The fourth-order valence-corrected chi connectivity index (χ4v) is 10.6. The minimum atomic E-state index is -0.753. The van der Waals surface area contributed by atoms with Crippen molar-refractivity contribution >= 4 is 62.4 Å². The summed E-state index contributed by atoms with van der Waals surface area (Å²) in [6, 6.07) is 56.1. The lowest BCUT2D eigenvalue weighted by Crippen LogP contribution is -2.48. The van der Waals surface area contributed by atoms with Crippen LogP contribution in [-0.4, -0.2) is 61.5 Å². The van der Waals surface area contributed by atoms with Crippen molar-refractivity contribution in [1.82, 2.24) is 4.90 Å². The van der Waals surface area contributed by atoms with Crippen LogP contribution in [0.4, 0.5) is 16.2 Å². The molecule has 10 heteroatoms. The maximum atomic E-state index is 14.9. The zero-order valence-electron chi connectivity index (χ0n) is 37.4. The number of benzene rings is 8. The van der Waals surface area contributed by atoms with E-state index < -0.39 is 19.2 Å². The molecule has 1 unspecified atom stereocenters. The normalized spacial score (nSPS) is 14.6. The maximum Gasteiger partial charge on any atom is 0.410 e. The van der Waals surface area contributed by atoms with Crippen LogP contribution in [0.2, 0.25) is 0 Å². The van der Waals surface area contributed by atoms with Gasteiger partial charge in [0, 0.05) is 53.7 Å². The number of nitrogens with zero attached hydrogens (tertiary/aromatic N) is 3. The molecule has 9 nitrogen and oxygen atoms in total. The molecule has 8 aromatic carbocycles. The first-order chi connectivity index (χ1) is 33.4. The van der Waals surface area contributed by atoms with E-state index in [1.807, 2.05) is 140 Å². The van der Waals surface area contributed by atoms with E-state index in [0.717, 1.165) is 71.7 Å². The largest absolute Gasteiger partial charge is 0.488 e. The predicted molar refractivity (Wildman–Crippen MR) is 268 cm³/mol. The zero-order chi connectivity index (χ0) is 46.1. The topological polar surface area (TPSA) is 88.6 Å². The van der Waals surface area contributed by atoms with Crippen molar-refractivity contribution in [3.63, 3.8) is 0 Å². The Kier molecular flexibility index (Phi) is 11.7. The molecule has 0 radical (unpaired) electrons. The highest BCUT2D eigenvalue weighted by atomic mass is 35.5. The van der Waals surface area contributed by atoms with Gasteiger partial charge < -0.3 is 24.0 Å². The Labute approximate surface area is 400 Å². The number of amides is 3. The zero-order valence-corrected chi connectivity index (χ0v) is 38.1. The second kappa shape index (κ2) is 18.6. The highest BCUT2D eigenvalue weighted by Crippen LogP contribution is 2.47. The molecule has 11 rings (SSSR count). The predicted octanol–water partition coefficient (Wildman–Crippen LogP) is 11.7. The van der Waals surface area contributed by atoms with Crippen LogP contribution in [0.25, 0.3) is 32.7 Å². The van der Waals surface area contributed by atoms with Gasteiger partial charge in [-0.2, -0.15) is 0 Å². The van der Waals surface area contributed by atoms with Crippen LogP contribution in [0, 0.1) is 0 Å². The molecule has 0 aromatic heterocycles. The Morgan fingerprint density at radius 3 is 1.68 bits per heavy atom. The van der Waals surface area contributed by atoms with Gasteiger partial charge in [0.05, 0.1) is 11.4 Å². The van der Waals surface area contributed by atoms with E-state index in [9.17, 15) is 14.4 Å². The summed E-state index contributed by atoms with van der Waals surface area (Å²) in [4.78, 5) is 49.0. The number of ether oxygens (including phenoxy) is 3. The Hall–Kier alpha value is -7.62. The van der Waals surface area contributed by atoms with Gasteiger partial charge >= 0.3 is 6.09 Å². The summed E-state index contributed by atoms with van der Waals surface area (Å²) < 4.78 is 19.1. The van der Waals surface area contributed by atoms with Gasteiger partial charge in [0.2, 0.25) is 11.8 Å².